The average molecular weight is 341 g/mol. The minimum Gasteiger partial charge on any atom is -0.273 e. The normalized spacial score (nSPS) is 33.4. The molecule has 1 amide bonds. The Bertz CT molecular complexity index is 714. The Morgan fingerprint density at radius 3 is 2.56 bits per heavy atom. The van der Waals surface area contributed by atoms with Crippen LogP contribution in [0.25, 0.3) is 0 Å². The predicted octanol–water partition coefficient (Wildman–Crippen LogP) is 3.65. The second kappa shape index (κ2) is 6.24. The van der Waals surface area contributed by atoms with Crippen molar-refractivity contribution in [1.82, 2.24) is 5.43 Å². The van der Waals surface area contributed by atoms with Crippen LogP contribution in [-0.2, 0) is 4.79 Å². The molecule has 4 bridgehead atoms. The maximum Gasteiger partial charge on any atom is 0.270 e. The fourth-order valence-corrected chi connectivity index (χ4v) is 5.47. The van der Waals surface area contributed by atoms with Gasteiger partial charge in [0.2, 0.25) is 5.91 Å². The lowest BCUT2D eigenvalue weighted by molar-refractivity contribution is -0.384. The second-order valence-electron chi connectivity index (χ2n) is 8.09. The number of carbonyl (C=O) groups excluding carboxylic acids is 1. The summed E-state index contributed by atoms with van der Waals surface area (Å²) in [6, 6.07) is 6.24. The molecule has 0 unspecified atom stereocenters. The Labute approximate surface area is 146 Å². The number of non-ortho nitro benzene ring substituents is 1. The van der Waals surface area contributed by atoms with Crippen molar-refractivity contribution in [3.8, 4) is 0 Å². The summed E-state index contributed by atoms with van der Waals surface area (Å²) in [5.41, 5.74) is 3.11. The largest absolute Gasteiger partial charge is 0.273 e. The molecule has 4 saturated carbocycles. The minimum atomic E-state index is -0.436. The van der Waals surface area contributed by atoms with E-state index in [9.17, 15) is 14.9 Å². The van der Waals surface area contributed by atoms with Crippen LogP contribution in [0.3, 0.4) is 0 Å². The molecule has 132 valence electrons. The molecule has 6 nitrogen and oxygen atoms in total. The van der Waals surface area contributed by atoms with Crippen LogP contribution in [0.2, 0.25) is 0 Å². The van der Waals surface area contributed by atoms with E-state index < -0.39 is 4.92 Å². The molecule has 4 aliphatic rings. The number of carbonyl (C=O) groups is 1. The highest BCUT2D eigenvalue weighted by molar-refractivity contribution is 5.86. The van der Waals surface area contributed by atoms with Gasteiger partial charge in [-0.1, -0.05) is 25.0 Å². The molecule has 25 heavy (non-hydrogen) atoms. The first-order chi connectivity index (χ1) is 12.0. The maximum absolute atomic E-state index is 12.9. The molecule has 6 heteroatoms. The van der Waals surface area contributed by atoms with Gasteiger partial charge in [0.15, 0.2) is 0 Å². The highest BCUT2D eigenvalue weighted by Crippen LogP contribution is 2.57. The van der Waals surface area contributed by atoms with Crippen LogP contribution >= 0.6 is 0 Å². The number of hydrazone groups is 1. The zero-order valence-electron chi connectivity index (χ0n) is 14.2. The van der Waals surface area contributed by atoms with Gasteiger partial charge in [-0.15, -0.1) is 0 Å². The molecular formula is C19H23N3O3. The highest BCUT2D eigenvalue weighted by atomic mass is 16.6. The number of nitro groups is 1. The molecular weight excluding hydrogens is 318 g/mol. The summed E-state index contributed by atoms with van der Waals surface area (Å²) in [6.45, 7) is 0. The first-order valence-electron chi connectivity index (χ1n) is 9.12. The van der Waals surface area contributed by atoms with Crippen LogP contribution in [0.15, 0.2) is 29.4 Å². The van der Waals surface area contributed by atoms with Crippen molar-refractivity contribution < 1.29 is 9.72 Å². The summed E-state index contributed by atoms with van der Waals surface area (Å²) >= 11 is 0. The molecule has 0 radical (unpaired) electrons. The van der Waals surface area contributed by atoms with Gasteiger partial charge in [0.1, 0.15) is 0 Å². The minimum absolute atomic E-state index is 0.0212. The van der Waals surface area contributed by atoms with Crippen molar-refractivity contribution >= 4 is 17.8 Å². The first kappa shape index (κ1) is 16.2. The summed E-state index contributed by atoms with van der Waals surface area (Å²) in [5, 5.41) is 14.9. The Balaban J connectivity index is 1.45. The van der Waals surface area contributed by atoms with Gasteiger partial charge in [0.25, 0.3) is 5.69 Å². The Morgan fingerprint density at radius 1 is 1.20 bits per heavy atom. The number of fused-ring (bicyclic) bond motifs is 1. The fraction of sp³-hybridized carbons (Fsp3) is 0.579. The second-order valence-corrected chi connectivity index (χ2v) is 8.09. The van der Waals surface area contributed by atoms with E-state index in [0.29, 0.717) is 23.3 Å². The lowest BCUT2D eigenvalue weighted by Gasteiger charge is -2.46. The molecule has 1 aromatic carbocycles. The number of nitrogens with zero attached hydrogens (tertiary/aromatic N) is 2. The van der Waals surface area contributed by atoms with Crippen LogP contribution in [0, 0.1) is 33.3 Å². The van der Waals surface area contributed by atoms with Crippen LogP contribution in [-0.4, -0.2) is 17.0 Å². The number of nitrogens with one attached hydrogen (secondary N) is 1. The summed E-state index contributed by atoms with van der Waals surface area (Å²) in [7, 11) is 0. The van der Waals surface area contributed by atoms with Crippen molar-refractivity contribution in [2.24, 2.45) is 28.3 Å². The van der Waals surface area contributed by atoms with E-state index in [1.54, 1.807) is 12.1 Å². The molecule has 5 rings (SSSR count). The lowest BCUT2D eigenvalue weighted by atomic mass is 9.58. The fourth-order valence-electron chi connectivity index (χ4n) is 5.47. The molecule has 0 heterocycles. The van der Waals surface area contributed by atoms with Crippen molar-refractivity contribution in [2.75, 3.05) is 0 Å². The van der Waals surface area contributed by atoms with Crippen molar-refractivity contribution in [3.05, 3.63) is 39.9 Å². The molecule has 0 saturated heterocycles. The topological polar surface area (TPSA) is 84.6 Å². The van der Waals surface area contributed by atoms with Gasteiger partial charge in [0.05, 0.1) is 16.6 Å². The number of amides is 1. The number of rotatable bonds is 4. The van der Waals surface area contributed by atoms with E-state index in [1.807, 2.05) is 0 Å². The van der Waals surface area contributed by atoms with E-state index >= 15 is 0 Å². The van der Waals surface area contributed by atoms with E-state index in [2.05, 4.69) is 10.5 Å². The smallest absolute Gasteiger partial charge is 0.270 e. The molecule has 1 N–H and O–H groups in total. The van der Waals surface area contributed by atoms with E-state index in [4.69, 9.17) is 0 Å². The summed E-state index contributed by atoms with van der Waals surface area (Å²) in [4.78, 5) is 23.3. The molecule has 0 aromatic heterocycles. The first-order valence-corrected chi connectivity index (χ1v) is 9.12. The van der Waals surface area contributed by atoms with Gasteiger partial charge >= 0.3 is 0 Å². The van der Waals surface area contributed by atoms with Crippen molar-refractivity contribution in [2.45, 2.75) is 44.9 Å². The van der Waals surface area contributed by atoms with Crippen LogP contribution in [0.5, 0.6) is 0 Å². The van der Waals surface area contributed by atoms with Crippen molar-refractivity contribution in [3.63, 3.8) is 0 Å². The molecule has 4 aliphatic carbocycles. The van der Waals surface area contributed by atoms with Gasteiger partial charge in [0, 0.05) is 17.7 Å². The zero-order valence-corrected chi connectivity index (χ0v) is 14.2. The van der Waals surface area contributed by atoms with E-state index in [1.165, 1.54) is 44.0 Å². The zero-order chi connectivity index (χ0) is 17.4. The van der Waals surface area contributed by atoms with Gasteiger partial charge in [-0.25, -0.2) is 5.43 Å². The van der Waals surface area contributed by atoms with E-state index in [0.717, 1.165) is 19.3 Å². The third-order valence-corrected chi connectivity index (χ3v) is 6.30. The predicted molar refractivity (Wildman–Crippen MR) is 94.1 cm³/mol. The Hall–Kier alpha value is -2.24. The molecule has 0 aliphatic heterocycles. The van der Waals surface area contributed by atoms with Crippen molar-refractivity contribution in [1.29, 1.82) is 0 Å². The van der Waals surface area contributed by atoms with Crippen LogP contribution < -0.4 is 5.43 Å². The summed E-state index contributed by atoms with van der Waals surface area (Å²) in [5.74, 6) is 2.12. The highest BCUT2D eigenvalue weighted by Gasteiger charge is 2.52. The summed E-state index contributed by atoms with van der Waals surface area (Å²) < 4.78 is 0. The molecule has 1 aromatic rings. The van der Waals surface area contributed by atoms with Gasteiger partial charge in [-0.3, -0.25) is 14.9 Å². The van der Waals surface area contributed by atoms with E-state index in [-0.39, 0.29) is 17.0 Å². The summed E-state index contributed by atoms with van der Waals surface area (Å²) in [6.07, 6.45) is 9.61. The maximum atomic E-state index is 12.9. The standard InChI is InChI=1S/C19H23N3O3/c23-18(21-20-12-15-2-1-3-17(8-15)22(24)25)19-9-13-4-5-14(10-19)7-16(6-13)11-19/h1-3,8,12-14,16H,4-7,9-11H2,(H,21,23)/b20-12-/t13-,14-,16?,19?/m1/s1. The monoisotopic (exact) mass is 341 g/mol. The van der Waals surface area contributed by atoms with Crippen LogP contribution in [0.4, 0.5) is 5.69 Å². The quantitative estimate of drug-likeness (QED) is 0.515. The average Bonchev–Trinajstić information content (AvgIpc) is 2.81. The van der Waals surface area contributed by atoms with Crippen LogP contribution in [0.1, 0.15) is 50.5 Å². The SMILES string of the molecule is O=C(N/N=C\c1cccc([N+](=O)[O-])c1)C12CC3C[C@@H](CC[C@H](C3)C1)C2. The molecule has 0 spiro atoms. The number of nitro benzene ring substituents is 1. The number of benzene rings is 1. The Morgan fingerprint density at radius 2 is 1.88 bits per heavy atom. The third-order valence-electron chi connectivity index (χ3n) is 6.30. The lowest BCUT2D eigenvalue weighted by Crippen LogP contribution is -2.47. The number of hydrogen-bond acceptors (Lipinski definition) is 4. The van der Waals surface area contributed by atoms with Gasteiger partial charge in [-0.2, -0.15) is 5.10 Å². The third kappa shape index (κ3) is 3.17. The van der Waals surface area contributed by atoms with Gasteiger partial charge < -0.3 is 0 Å². The van der Waals surface area contributed by atoms with Gasteiger partial charge in [-0.05, 0) is 49.9 Å². The Kier molecular flexibility index (Phi) is 4.06. The number of hydrogen-bond donors (Lipinski definition) is 1. The molecule has 4 fully saturated rings. The molecule has 2 atom stereocenters.